The summed E-state index contributed by atoms with van der Waals surface area (Å²) in [5.41, 5.74) is 11.4. The quantitative estimate of drug-likeness (QED) is 0.613. The van der Waals surface area contributed by atoms with E-state index in [1.807, 2.05) is 38.1 Å². The Labute approximate surface area is 158 Å². The van der Waals surface area contributed by atoms with E-state index in [0.29, 0.717) is 24.3 Å². The monoisotopic (exact) mass is 358 g/mol. The molecule has 2 N–H and O–H groups in total. The topological polar surface area (TPSA) is 39.7 Å². The van der Waals surface area contributed by atoms with Gasteiger partial charge in [0.2, 0.25) is 11.4 Å². The second kappa shape index (κ2) is 7.45. The maximum Gasteiger partial charge on any atom is 0.222 e. The van der Waals surface area contributed by atoms with Crippen LogP contribution in [0.5, 0.6) is 0 Å². The van der Waals surface area contributed by atoms with E-state index >= 15 is 0 Å². The van der Waals surface area contributed by atoms with Crippen molar-refractivity contribution in [1.82, 2.24) is 4.57 Å². The van der Waals surface area contributed by atoms with Gasteiger partial charge in [0, 0.05) is 30.0 Å². The van der Waals surface area contributed by atoms with Crippen LogP contribution in [0.1, 0.15) is 22.5 Å². The Balaban J connectivity index is 2.09. The van der Waals surface area contributed by atoms with E-state index < -0.39 is 5.82 Å². The van der Waals surface area contributed by atoms with E-state index in [0.717, 1.165) is 28.1 Å². The molecule has 0 amide bonds. The van der Waals surface area contributed by atoms with Crippen molar-refractivity contribution in [1.29, 1.82) is 0 Å². The summed E-state index contributed by atoms with van der Waals surface area (Å²) in [6.07, 6.45) is 0. The van der Waals surface area contributed by atoms with Gasteiger partial charge >= 0.3 is 0 Å². The van der Waals surface area contributed by atoms with Gasteiger partial charge in [-0.15, -0.1) is 0 Å². The number of halogens is 1. The van der Waals surface area contributed by atoms with Crippen LogP contribution in [0.3, 0.4) is 0 Å². The second-order valence-corrected chi connectivity index (χ2v) is 6.39. The smallest absolute Gasteiger partial charge is 0.222 e. The highest BCUT2D eigenvalue weighted by Gasteiger charge is 2.20. The molecule has 3 rings (SSSR count). The second-order valence-electron chi connectivity index (χ2n) is 6.39. The average Bonchev–Trinajstić information content (AvgIpc) is 2.92. The molecule has 2 aromatic carbocycles. The Hall–Kier alpha value is -3.41. The molecule has 0 radical (unpaired) electrons. The summed E-state index contributed by atoms with van der Waals surface area (Å²) in [4.78, 5) is 6.86. The fraction of sp³-hybridized carbons (Fsp3) is 0.182. The minimum atomic E-state index is -0.569. The Kier molecular flexibility index (Phi) is 5.07. The molecule has 0 saturated heterocycles. The molecule has 1 heterocycles. The van der Waals surface area contributed by atoms with Gasteiger partial charge in [0.1, 0.15) is 5.82 Å². The van der Waals surface area contributed by atoms with Gasteiger partial charge in [0.25, 0.3) is 0 Å². The van der Waals surface area contributed by atoms with Crippen LogP contribution in [0.25, 0.3) is 20.8 Å². The molecule has 0 bridgehead atoms. The number of rotatable bonds is 4. The maximum absolute atomic E-state index is 14.1. The molecule has 27 heavy (non-hydrogen) atoms. The Morgan fingerprint density at radius 1 is 0.963 bits per heavy atom. The highest BCUT2D eigenvalue weighted by Crippen LogP contribution is 2.40. The molecule has 4 nitrogen and oxygen atoms in total. The first-order valence-corrected chi connectivity index (χ1v) is 8.52. The lowest BCUT2D eigenvalue weighted by molar-refractivity contribution is 0.634. The molecule has 0 saturated carbocycles. The van der Waals surface area contributed by atoms with Crippen LogP contribution in [0, 0.1) is 32.8 Å². The number of nitrogens with two attached hydrogens (primary N) is 1. The number of hydrogen-bond donors (Lipinski definition) is 1. The molecule has 0 fully saturated rings. The summed E-state index contributed by atoms with van der Waals surface area (Å²) in [6, 6.07) is 12.6. The van der Waals surface area contributed by atoms with E-state index in [1.54, 1.807) is 6.07 Å². The van der Waals surface area contributed by atoms with Gasteiger partial charge in [-0.1, -0.05) is 36.4 Å². The average molecular weight is 358 g/mol. The standard InChI is InChI=1S/C22H19FN4/c1-14-21(18-9-10-20(25-3)19(23)11-18)22(26-4)15(2)27(14)13-17-7-5-16(12-24)6-8-17/h5-11H,12-13,24H2,1-2H3. The Morgan fingerprint density at radius 3 is 2.19 bits per heavy atom. The molecular weight excluding hydrogens is 339 g/mol. The summed E-state index contributed by atoms with van der Waals surface area (Å²) >= 11 is 0. The molecule has 134 valence electrons. The first-order chi connectivity index (χ1) is 13.0. The van der Waals surface area contributed by atoms with Gasteiger partial charge in [-0.3, -0.25) is 0 Å². The minimum absolute atomic E-state index is 0.0167. The van der Waals surface area contributed by atoms with Crippen LogP contribution in [-0.4, -0.2) is 4.57 Å². The predicted molar refractivity (Wildman–Crippen MR) is 105 cm³/mol. The first-order valence-electron chi connectivity index (χ1n) is 8.52. The third-order valence-electron chi connectivity index (χ3n) is 4.82. The lowest BCUT2D eigenvalue weighted by Crippen LogP contribution is -2.04. The van der Waals surface area contributed by atoms with E-state index in [-0.39, 0.29) is 5.69 Å². The van der Waals surface area contributed by atoms with Crippen molar-refractivity contribution in [3.05, 3.63) is 93.6 Å². The van der Waals surface area contributed by atoms with E-state index in [1.165, 1.54) is 12.1 Å². The van der Waals surface area contributed by atoms with Gasteiger partial charge in [-0.2, -0.15) is 0 Å². The van der Waals surface area contributed by atoms with Gasteiger partial charge < -0.3 is 10.3 Å². The number of nitrogens with zero attached hydrogens (tertiary/aromatic N) is 3. The van der Waals surface area contributed by atoms with Crippen molar-refractivity contribution in [2.75, 3.05) is 0 Å². The first kappa shape index (κ1) is 18.4. The van der Waals surface area contributed by atoms with Gasteiger partial charge in [-0.25, -0.2) is 14.1 Å². The number of benzene rings is 2. The van der Waals surface area contributed by atoms with E-state index in [9.17, 15) is 4.39 Å². The molecule has 0 unspecified atom stereocenters. The van der Waals surface area contributed by atoms with Crippen molar-refractivity contribution >= 4 is 11.4 Å². The molecule has 1 aromatic heterocycles. The minimum Gasteiger partial charge on any atom is -0.355 e. The molecule has 0 atom stereocenters. The SMILES string of the molecule is [C-]#[N+]c1ccc(-c2c([N+]#[C-])c(C)n(Cc3ccc(CN)cc3)c2C)cc1F. The third kappa shape index (κ3) is 3.33. The van der Waals surface area contributed by atoms with Crippen LogP contribution in [0.2, 0.25) is 0 Å². The summed E-state index contributed by atoms with van der Waals surface area (Å²) < 4.78 is 16.2. The fourth-order valence-electron chi connectivity index (χ4n) is 3.30. The lowest BCUT2D eigenvalue weighted by Gasteiger charge is -2.11. The van der Waals surface area contributed by atoms with Crippen molar-refractivity contribution in [3.63, 3.8) is 0 Å². The van der Waals surface area contributed by atoms with Gasteiger partial charge in [-0.05, 0) is 36.6 Å². The van der Waals surface area contributed by atoms with Crippen LogP contribution in [0.15, 0.2) is 42.5 Å². The molecule has 5 heteroatoms. The summed E-state index contributed by atoms with van der Waals surface area (Å²) in [7, 11) is 0. The highest BCUT2D eigenvalue weighted by molar-refractivity contribution is 5.84. The predicted octanol–water partition coefficient (Wildman–Crippen LogP) is 5.52. The fourth-order valence-corrected chi connectivity index (χ4v) is 3.30. The highest BCUT2D eigenvalue weighted by atomic mass is 19.1. The third-order valence-corrected chi connectivity index (χ3v) is 4.82. The largest absolute Gasteiger partial charge is 0.355 e. The van der Waals surface area contributed by atoms with Crippen LogP contribution >= 0.6 is 0 Å². The summed E-state index contributed by atoms with van der Waals surface area (Å²) in [6.45, 7) is 19.6. The van der Waals surface area contributed by atoms with Crippen LogP contribution < -0.4 is 5.73 Å². The molecule has 0 spiro atoms. The van der Waals surface area contributed by atoms with Crippen LogP contribution in [-0.2, 0) is 13.1 Å². The normalized spacial score (nSPS) is 10.4. The number of aromatic nitrogens is 1. The maximum atomic E-state index is 14.1. The molecule has 0 aliphatic carbocycles. The van der Waals surface area contributed by atoms with Crippen molar-refractivity contribution < 1.29 is 4.39 Å². The van der Waals surface area contributed by atoms with Crippen molar-refractivity contribution in [2.45, 2.75) is 26.9 Å². The van der Waals surface area contributed by atoms with Gasteiger partial charge in [0.05, 0.1) is 13.1 Å². The summed E-state index contributed by atoms with van der Waals surface area (Å²) in [5.74, 6) is -0.569. The zero-order valence-corrected chi connectivity index (χ0v) is 15.3. The van der Waals surface area contributed by atoms with Crippen molar-refractivity contribution in [2.24, 2.45) is 5.73 Å². The zero-order valence-electron chi connectivity index (χ0n) is 15.3. The number of hydrogen-bond acceptors (Lipinski definition) is 1. The van der Waals surface area contributed by atoms with Gasteiger partial charge in [0.15, 0.2) is 0 Å². The molecule has 0 aliphatic heterocycles. The van der Waals surface area contributed by atoms with E-state index in [4.69, 9.17) is 18.9 Å². The summed E-state index contributed by atoms with van der Waals surface area (Å²) in [5, 5.41) is 0. The zero-order chi connectivity index (χ0) is 19.6. The van der Waals surface area contributed by atoms with Crippen LogP contribution in [0.4, 0.5) is 15.8 Å². The Morgan fingerprint density at radius 2 is 1.63 bits per heavy atom. The van der Waals surface area contributed by atoms with E-state index in [2.05, 4.69) is 14.3 Å². The molecule has 3 aromatic rings. The molecule has 0 aliphatic rings. The lowest BCUT2D eigenvalue weighted by atomic mass is 10.0. The van der Waals surface area contributed by atoms with Crippen molar-refractivity contribution in [3.8, 4) is 11.1 Å². The molecular formula is C22H19FN4. The Bertz CT molecular complexity index is 1080.